The third-order valence-corrected chi connectivity index (χ3v) is 3.40. The molecule has 0 saturated carbocycles. The van der Waals surface area contributed by atoms with E-state index >= 15 is 0 Å². The highest BCUT2D eigenvalue weighted by Crippen LogP contribution is 2.29. The molecule has 6 heteroatoms. The van der Waals surface area contributed by atoms with Crippen molar-refractivity contribution in [3.63, 3.8) is 0 Å². The van der Waals surface area contributed by atoms with Gasteiger partial charge in [-0.05, 0) is 19.9 Å². The van der Waals surface area contributed by atoms with Crippen LogP contribution in [0.1, 0.15) is 23.8 Å². The van der Waals surface area contributed by atoms with Gasteiger partial charge in [0.2, 0.25) is 0 Å². The lowest BCUT2D eigenvalue weighted by atomic mass is 10.1. The minimum Gasteiger partial charge on any atom is -0.467 e. The van der Waals surface area contributed by atoms with Crippen molar-refractivity contribution in [1.29, 1.82) is 0 Å². The molecule has 0 bridgehead atoms. The number of methoxy groups -OCH3 is 1. The molecule has 0 aliphatic carbocycles. The quantitative estimate of drug-likeness (QED) is 0.854. The van der Waals surface area contributed by atoms with Gasteiger partial charge in [-0.15, -0.1) is 0 Å². The Hall–Kier alpha value is -1.66. The van der Waals surface area contributed by atoms with Crippen LogP contribution in [0.15, 0.2) is 6.20 Å². The van der Waals surface area contributed by atoms with Crippen LogP contribution in [0.25, 0.3) is 11.0 Å². The molecule has 1 fully saturated rings. The summed E-state index contributed by atoms with van der Waals surface area (Å²) in [6.07, 6.45) is 3.05. The number of hydrogen-bond donors (Lipinski definition) is 2. The van der Waals surface area contributed by atoms with E-state index < -0.39 is 0 Å². The van der Waals surface area contributed by atoms with Crippen molar-refractivity contribution in [1.82, 2.24) is 20.3 Å². The molecule has 2 N–H and O–H groups in total. The smallest absolute Gasteiger partial charge is 0.318 e. The Labute approximate surface area is 111 Å². The number of rotatable bonds is 2. The van der Waals surface area contributed by atoms with Crippen molar-refractivity contribution < 1.29 is 9.47 Å². The predicted octanol–water partition coefficient (Wildman–Crippen LogP) is 1.33. The zero-order chi connectivity index (χ0) is 13.2. The Bertz CT molecular complexity index is 573. The fraction of sp³-hybridized carbons (Fsp3) is 0.538. The molecule has 1 aliphatic rings. The van der Waals surface area contributed by atoms with Gasteiger partial charge in [0, 0.05) is 30.3 Å². The summed E-state index contributed by atoms with van der Waals surface area (Å²) in [7, 11) is 1.57. The second kappa shape index (κ2) is 5.14. The second-order valence-corrected chi connectivity index (χ2v) is 4.68. The summed E-state index contributed by atoms with van der Waals surface area (Å²) in [5, 5.41) is 4.42. The van der Waals surface area contributed by atoms with Crippen molar-refractivity contribution in [2.45, 2.75) is 19.4 Å². The summed E-state index contributed by atoms with van der Waals surface area (Å²) in [6, 6.07) is 0.387. The molecule has 102 valence electrons. The Morgan fingerprint density at radius 2 is 2.32 bits per heavy atom. The van der Waals surface area contributed by atoms with Gasteiger partial charge in [-0.2, -0.15) is 9.97 Å². The normalized spacial score (nSPS) is 20.4. The summed E-state index contributed by atoms with van der Waals surface area (Å²) >= 11 is 0. The van der Waals surface area contributed by atoms with Crippen LogP contribution in [0.4, 0.5) is 0 Å². The van der Waals surface area contributed by atoms with E-state index in [4.69, 9.17) is 9.47 Å². The van der Waals surface area contributed by atoms with E-state index in [2.05, 4.69) is 20.3 Å². The average molecular weight is 262 g/mol. The van der Waals surface area contributed by atoms with E-state index in [9.17, 15) is 0 Å². The fourth-order valence-corrected chi connectivity index (χ4v) is 2.48. The first-order chi connectivity index (χ1) is 9.29. The lowest BCUT2D eigenvalue weighted by Gasteiger charge is -2.14. The van der Waals surface area contributed by atoms with Crippen molar-refractivity contribution in [3.05, 3.63) is 17.5 Å². The molecule has 1 unspecified atom stereocenters. The number of nitrogens with one attached hydrogen (secondary N) is 2. The van der Waals surface area contributed by atoms with Gasteiger partial charge in [0.15, 0.2) is 0 Å². The molecule has 2 aromatic heterocycles. The first-order valence-electron chi connectivity index (χ1n) is 6.51. The summed E-state index contributed by atoms with van der Waals surface area (Å²) in [4.78, 5) is 11.9. The number of aromatic amines is 1. The molecule has 0 aromatic carbocycles. The van der Waals surface area contributed by atoms with Gasteiger partial charge in [0.1, 0.15) is 5.65 Å². The Balaban J connectivity index is 2.04. The van der Waals surface area contributed by atoms with Crippen LogP contribution in [0.2, 0.25) is 0 Å². The van der Waals surface area contributed by atoms with Crippen molar-refractivity contribution in [2.24, 2.45) is 0 Å². The lowest BCUT2D eigenvalue weighted by molar-refractivity contribution is 0.0678. The van der Waals surface area contributed by atoms with Gasteiger partial charge in [0.05, 0.1) is 18.9 Å². The van der Waals surface area contributed by atoms with Gasteiger partial charge in [-0.3, -0.25) is 0 Å². The van der Waals surface area contributed by atoms with Crippen molar-refractivity contribution in [3.8, 4) is 6.01 Å². The number of ether oxygens (including phenoxy) is 2. The van der Waals surface area contributed by atoms with Gasteiger partial charge in [0.25, 0.3) is 0 Å². The van der Waals surface area contributed by atoms with Crippen LogP contribution in [0.5, 0.6) is 6.01 Å². The molecule has 1 atom stereocenters. The van der Waals surface area contributed by atoms with E-state index in [-0.39, 0.29) is 6.10 Å². The first-order valence-corrected chi connectivity index (χ1v) is 6.51. The number of hydrogen-bond acceptors (Lipinski definition) is 5. The Morgan fingerprint density at radius 3 is 3.16 bits per heavy atom. The highest BCUT2D eigenvalue weighted by atomic mass is 16.5. The number of aromatic nitrogens is 3. The monoisotopic (exact) mass is 262 g/mol. The maximum atomic E-state index is 5.90. The molecule has 0 spiro atoms. The van der Waals surface area contributed by atoms with Crippen LogP contribution in [-0.2, 0) is 4.74 Å². The number of H-pyrrole nitrogens is 1. The standard InChI is InChI=1S/C13H18N4O2/c1-8-11-9(10-7-14-4-3-5-19-10)6-15-12(11)17-13(16-8)18-2/h6,10,14H,3-5,7H2,1-2H3,(H,15,16,17). The molecular weight excluding hydrogens is 244 g/mol. The summed E-state index contributed by atoms with van der Waals surface area (Å²) < 4.78 is 11.0. The van der Waals surface area contributed by atoms with Crippen LogP contribution < -0.4 is 10.1 Å². The summed E-state index contributed by atoms with van der Waals surface area (Å²) in [5.41, 5.74) is 2.82. The molecule has 0 amide bonds. The largest absolute Gasteiger partial charge is 0.467 e. The number of fused-ring (bicyclic) bond motifs is 1. The molecule has 6 nitrogen and oxygen atoms in total. The van der Waals surface area contributed by atoms with Gasteiger partial charge in [-0.1, -0.05) is 0 Å². The Kier molecular flexibility index (Phi) is 3.35. The van der Waals surface area contributed by atoms with Crippen LogP contribution in [0, 0.1) is 6.92 Å². The topological polar surface area (TPSA) is 72.1 Å². The molecule has 1 aliphatic heterocycles. The third-order valence-electron chi connectivity index (χ3n) is 3.40. The maximum Gasteiger partial charge on any atom is 0.318 e. The lowest BCUT2D eigenvalue weighted by Crippen LogP contribution is -2.20. The molecule has 1 saturated heterocycles. The highest BCUT2D eigenvalue weighted by molar-refractivity contribution is 5.82. The zero-order valence-electron chi connectivity index (χ0n) is 11.2. The molecule has 2 aromatic rings. The molecule has 3 heterocycles. The van der Waals surface area contributed by atoms with Gasteiger partial charge >= 0.3 is 6.01 Å². The van der Waals surface area contributed by atoms with Crippen LogP contribution >= 0.6 is 0 Å². The van der Waals surface area contributed by atoms with E-state index in [0.717, 1.165) is 48.4 Å². The number of nitrogens with zero attached hydrogens (tertiary/aromatic N) is 2. The number of aryl methyl sites for hydroxylation is 1. The SMILES string of the molecule is COc1nc(C)c2c(C3CNCCCO3)c[nH]c2n1. The maximum absolute atomic E-state index is 5.90. The fourth-order valence-electron chi connectivity index (χ4n) is 2.48. The van der Waals surface area contributed by atoms with Crippen molar-refractivity contribution >= 4 is 11.0 Å². The highest BCUT2D eigenvalue weighted by Gasteiger charge is 2.21. The summed E-state index contributed by atoms with van der Waals surface area (Å²) in [5.74, 6) is 0. The minimum absolute atomic E-state index is 0.0481. The van der Waals surface area contributed by atoms with Crippen LogP contribution in [0.3, 0.4) is 0 Å². The molecule has 3 rings (SSSR count). The van der Waals surface area contributed by atoms with E-state index in [0.29, 0.717) is 6.01 Å². The van der Waals surface area contributed by atoms with E-state index in [1.165, 1.54) is 0 Å². The first kappa shape index (κ1) is 12.4. The molecular formula is C13H18N4O2. The van der Waals surface area contributed by atoms with Gasteiger partial charge < -0.3 is 19.8 Å². The minimum atomic E-state index is 0.0481. The zero-order valence-corrected chi connectivity index (χ0v) is 11.2. The van der Waals surface area contributed by atoms with Crippen LogP contribution in [-0.4, -0.2) is 41.8 Å². The van der Waals surface area contributed by atoms with Gasteiger partial charge in [-0.25, -0.2) is 0 Å². The van der Waals surface area contributed by atoms with E-state index in [1.807, 2.05) is 13.1 Å². The second-order valence-electron chi connectivity index (χ2n) is 4.68. The van der Waals surface area contributed by atoms with E-state index in [1.54, 1.807) is 7.11 Å². The molecule has 0 radical (unpaired) electrons. The molecule has 19 heavy (non-hydrogen) atoms. The average Bonchev–Trinajstić information content (AvgIpc) is 2.67. The predicted molar refractivity (Wildman–Crippen MR) is 71.4 cm³/mol. The van der Waals surface area contributed by atoms with Crippen molar-refractivity contribution in [2.75, 3.05) is 26.8 Å². The summed E-state index contributed by atoms with van der Waals surface area (Å²) in [6.45, 7) is 4.56. The third kappa shape index (κ3) is 2.29. The Morgan fingerprint density at radius 1 is 1.42 bits per heavy atom.